The summed E-state index contributed by atoms with van der Waals surface area (Å²) in [5.74, 6) is 0.647. The zero-order valence-electron chi connectivity index (χ0n) is 5.81. The Bertz CT molecular complexity index is 147. The fraction of sp³-hybridized carbons (Fsp3) is 0.625. The zero-order chi connectivity index (χ0) is 6.85. The van der Waals surface area contributed by atoms with Crippen molar-refractivity contribution in [3.63, 3.8) is 0 Å². The van der Waals surface area contributed by atoms with Crippen molar-refractivity contribution >= 4 is 5.78 Å². The van der Waals surface area contributed by atoms with Crippen LogP contribution in [0.25, 0.3) is 0 Å². The van der Waals surface area contributed by atoms with Crippen LogP contribution in [-0.2, 0) is 4.79 Å². The number of carbonyl (C=O) groups is 1. The number of Topliss-reactive ketones (excluding diaryl/α,β-unsaturated/α-hetero) is 1. The van der Waals surface area contributed by atoms with Crippen molar-refractivity contribution in [3.8, 4) is 0 Å². The van der Waals surface area contributed by atoms with Gasteiger partial charge in [-0.15, -0.1) is 0 Å². The Morgan fingerprint density at radius 1 is 1.56 bits per heavy atom. The molecule has 0 aromatic heterocycles. The standard InChI is InChI=1S/C8H12O/c1-6-3-4-8(9)7(2)5-6/h7H,1,3-5H2,2H3. The molecule has 0 bridgehead atoms. The van der Waals surface area contributed by atoms with E-state index in [1.54, 1.807) is 0 Å². The summed E-state index contributed by atoms with van der Waals surface area (Å²) < 4.78 is 0. The number of hydrogen-bond acceptors (Lipinski definition) is 1. The molecule has 0 heterocycles. The molecule has 1 atom stereocenters. The lowest BCUT2D eigenvalue weighted by molar-refractivity contribution is -0.123. The lowest BCUT2D eigenvalue weighted by Crippen LogP contribution is -2.16. The second kappa shape index (κ2) is 2.34. The van der Waals surface area contributed by atoms with Crippen LogP contribution in [0.2, 0.25) is 0 Å². The van der Waals surface area contributed by atoms with E-state index in [9.17, 15) is 4.79 Å². The molecule has 9 heavy (non-hydrogen) atoms. The Morgan fingerprint density at radius 3 is 2.67 bits per heavy atom. The van der Waals surface area contributed by atoms with E-state index in [4.69, 9.17) is 0 Å². The van der Waals surface area contributed by atoms with Crippen LogP contribution in [0.5, 0.6) is 0 Å². The predicted molar refractivity (Wildman–Crippen MR) is 37.2 cm³/mol. The topological polar surface area (TPSA) is 17.1 Å². The van der Waals surface area contributed by atoms with Crippen molar-refractivity contribution < 1.29 is 4.79 Å². The van der Waals surface area contributed by atoms with E-state index in [0.717, 1.165) is 19.3 Å². The molecular weight excluding hydrogens is 112 g/mol. The summed E-state index contributed by atoms with van der Waals surface area (Å²) in [6.45, 7) is 5.83. The Labute approximate surface area is 55.8 Å². The van der Waals surface area contributed by atoms with Crippen LogP contribution in [0.1, 0.15) is 26.2 Å². The van der Waals surface area contributed by atoms with Crippen molar-refractivity contribution in [2.75, 3.05) is 0 Å². The Balaban J connectivity index is 2.54. The number of allylic oxidation sites excluding steroid dienone is 1. The maximum Gasteiger partial charge on any atom is 0.136 e. The molecule has 0 aromatic rings. The first-order valence-corrected chi connectivity index (χ1v) is 3.39. The van der Waals surface area contributed by atoms with Crippen molar-refractivity contribution in [2.24, 2.45) is 5.92 Å². The molecule has 0 spiro atoms. The van der Waals surface area contributed by atoms with Crippen LogP contribution >= 0.6 is 0 Å². The van der Waals surface area contributed by atoms with E-state index in [2.05, 4.69) is 6.58 Å². The molecule has 0 radical (unpaired) electrons. The van der Waals surface area contributed by atoms with E-state index < -0.39 is 0 Å². The van der Waals surface area contributed by atoms with Gasteiger partial charge in [0.15, 0.2) is 0 Å². The molecular formula is C8H12O. The fourth-order valence-corrected chi connectivity index (χ4v) is 1.20. The van der Waals surface area contributed by atoms with E-state index in [0.29, 0.717) is 5.78 Å². The second-order valence-electron chi connectivity index (χ2n) is 2.82. The quantitative estimate of drug-likeness (QED) is 0.451. The maximum absolute atomic E-state index is 10.9. The molecule has 0 amide bonds. The van der Waals surface area contributed by atoms with Crippen LogP contribution in [0.15, 0.2) is 12.2 Å². The molecule has 1 saturated carbocycles. The van der Waals surface area contributed by atoms with Gasteiger partial charge in [-0.2, -0.15) is 0 Å². The molecule has 1 aliphatic rings. The minimum Gasteiger partial charge on any atom is -0.299 e. The van der Waals surface area contributed by atoms with Crippen LogP contribution in [0.4, 0.5) is 0 Å². The van der Waals surface area contributed by atoms with E-state index in [1.807, 2.05) is 6.92 Å². The molecule has 1 unspecified atom stereocenters. The first-order chi connectivity index (χ1) is 4.20. The van der Waals surface area contributed by atoms with Gasteiger partial charge < -0.3 is 0 Å². The van der Waals surface area contributed by atoms with Gasteiger partial charge in [-0.05, 0) is 12.8 Å². The van der Waals surface area contributed by atoms with Gasteiger partial charge in [0.25, 0.3) is 0 Å². The lowest BCUT2D eigenvalue weighted by atomic mass is 9.87. The van der Waals surface area contributed by atoms with Gasteiger partial charge in [-0.25, -0.2) is 0 Å². The average Bonchev–Trinajstić information content (AvgIpc) is 1.80. The number of ketones is 1. The summed E-state index contributed by atoms with van der Waals surface area (Å²) in [5, 5.41) is 0. The summed E-state index contributed by atoms with van der Waals surface area (Å²) in [5.41, 5.74) is 1.24. The summed E-state index contributed by atoms with van der Waals surface area (Å²) in [6.07, 6.45) is 2.56. The Kier molecular flexibility index (Phi) is 1.70. The van der Waals surface area contributed by atoms with Crippen molar-refractivity contribution in [2.45, 2.75) is 26.2 Å². The SMILES string of the molecule is C=C1CCC(=O)C(C)C1. The van der Waals surface area contributed by atoms with Gasteiger partial charge in [-0.3, -0.25) is 4.79 Å². The molecule has 1 heteroatoms. The first-order valence-electron chi connectivity index (χ1n) is 3.39. The normalized spacial score (nSPS) is 28.8. The van der Waals surface area contributed by atoms with Gasteiger partial charge in [0.05, 0.1) is 0 Å². The highest BCUT2D eigenvalue weighted by atomic mass is 16.1. The van der Waals surface area contributed by atoms with E-state index in [1.165, 1.54) is 5.57 Å². The average molecular weight is 124 g/mol. The van der Waals surface area contributed by atoms with E-state index in [-0.39, 0.29) is 5.92 Å². The van der Waals surface area contributed by atoms with Crippen LogP contribution < -0.4 is 0 Å². The number of hydrogen-bond donors (Lipinski definition) is 0. The summed E-state index contributed by atoms with van der Waals surface area (Å²) >= 11 is 0. The predicted octanol–water partition coefficient (Wildman–Crippen LogP) is 1.93. The Hall–Kier alpha value is -0.590. The molecule has 50 valence electrons. The molecule has 1 fully saturated rings. The molecule has 1 aliphatic carbocycles. The largest absolute Gasteiger partial charge is 0.299 e. The van der Waals surface area contributed by atoms with Gasteiger partial charge in [0, 0.05) is 12.3 Å². The Morgan fingerprint density at radius 2 is 2.22 bits per heavy atom. The van der Waals surface area contributed by atoms with E-state index >= 15 is 0 Å². The summed E-state index contributed by atoms with van der Waals surface area (Å²) in [7, 11) is 0. The third kappa shape index (κ3) is 1.41. The van der Waals surface area contributed by atoms with Gasteiger partial charge in [0.1, 0.15) is 5.78 Å². The minimum atomic E-state index is 0.242. The fourth-order valence-electron chi connectivity index (χ4n) is 1.20. The lowest BCUT2D eigenvalue weighted by Gasteiger charge is -2.17. The molecule has 0 aromatic carbocycles. The third-order valence-electron chi connectivity index (χ3n) is 1.87. The zero-order valence-corrected chi connectivity index (χ0v) is 5.81. The van der Waals surface area contributed by atoms with Crippen molar-refractivity contribution in [1.82, 2.24) is 0 Å². The summed E-state index contributed by atoms with van der Waals surface area (Å²) in [4.78, 5) is 10.9. The number of carbonyl (C=O) groups excluding carboxylic acids is 1. The monoisotopic (exact) mass is 124 g/mol. The highest BCUT2D eigenvalue weighted by Crippen LogP contribution is 2.23. The van der Waals surface area contributed by atoms with Crippen LogP contribution in [0.3, 0.4) is 0 Å². The smallest absolute Gasteiger partial charge is 0.136 e. The molecule has 1 rings (SSSR count). The van der Waals surface area contributed by atoms with Gasteiger partial charge in [0.2, 0.25) is 0 Å². The van der Waals surface area contributed by atoms with Gasteiger partial charge in [-0.1, -0.05) is 19.1 Å². The second-order valence-corrected chi connectivity index (χ2v) is 2.82. The van der Waals surface area contributed by atoms with Crippen LogP contribution in [0, 0.1) is 5.92 Å². The molecule has 1 nitrogen and oxygen atoms in total. The molecule has 0 saturated heterocycles. The highest BCUT2D eigenvalue weighted by molar-refractivity contribution is 5.82. The minimum absolute atomic E-state index is 0.242. The number of rotatable bonds is 0. The van der Waals surface area contributed by atoms with Gasteiger partial charge >= 0.3 is 0 Å². The molecule has 0 N–H and O–H groups in total. The summed E-state index contributed by atoms with van der Waals surface area (Å²) in [6, 6.07) is 0. The maximum atomic E-state index is 10.9. The van der Waals surface area contributed by atoms with Crippen LogP contribution in [-0.4, -0.2) is 5.78 Å². The molecule has 0 aliphatic heterocycles. The van der Waals surface area contributed by atoms with Crippen molar-refractivity contribution in [1.29, 1.82) is 0 Å². The highest BCUT2D eigenvalue weighted by Gasteiger charge is 2.18. The van der Waals surface area contributed by atoms with Crippen molar-refractivity contribution in [3.05, 3.63) is 12.2 Å². The first kappa shape index (κ1) is 6.53. The third-order valence-corrected chi connectivity index (χ3v) is 1.87.